The van der Waals surface area contributed by atoms with E-state index in [9.17, 15) is 9.13 Å². The average Bonchev–Trinajstić information content (AvgIpc) is 2.21. The van der Waals surface area contributed by atoms with Crippen LogP contribution in [-0.2, 0) is 18.2 Å². The van der Waals surface area contributed by atoms with Gasteiger partial charge in [-0.15, -0.1) is 0 Å². The van der Waals surface area contributed by atoms with E-state index in [1.165, 1.54) is 0 Å². The fourth-order valence-electron chi connectivity index (χ4n) is 0.710. The molecule has 1 atom stereocenters. The van der Waals surface area contributed by atoms with Crippen molar-refractivity contribution >= 4 is 15.2 Å². The average molecular weight is 279 g/mol. The van der Waals surface area contributed by atoms with Gasteiger partial charge in [-0.05, 0) is 0 Å². The highest BCUT2D eigenvalue weighted by Gasteiger charge is 2.44. The van der Waals surface area contributed by atoms with Gasteiger partial charge in [0.2, 0.25) is 5.52 Å². The predicted molar refractivity (Wildman–Crippen MR) is 53.7 cm³/mol. The highest BCUT2D eigenvalue weighted by molar-refractivity contribution is 7.71. The molecule has 0 aliphatic rings. The van der Waals surface area contributed by atoms with E-state index in [0.717, 1.165) is 0 Å². The van der Waals surface area contributed by atoms with Crippen LogP contribution in [0.4, 0.5) is 0 Å². The molecule has 11 heteroatoms. The van der Waals surface area contributed by atoms with Crippen LogP contribution in [0, 0.1) is 0 Å². The Balaban J connectivity index is 4.77. The molecule has 0 bridgehead atoms. The first-order valence-electron chi connectivity index (χ1n) is 4.19. The van der Waals surface area contributed by atoms with Gasteiger partial charge in [0.1, 0.15) is 0 Å². The molecule has 6 N–H and O–H groups in total. The van der Waals surface area contributed by atoms with Crippen LogP contribution in [-0.4, -0.2) is 52.0 Å². The lowest BCUT2D eigenvalue weighted by atomic mass is 10.8. The van der Waals surface area contributed by atoms with Gasteiger partial charge < -0.3 is 34.8 Å². The third-order valence-electron chi connectivity index (χ3n) is 1.39. The number of aliphatic hydroxyl groups excluding tert-OH is 2. The zero-order valence-corrected chi connectivity index (χ0v) is 10.1. The summed E-state index contributed by atoms with van der Waals surface area (Å²) in [6, 6.07) is 0. The van der Waals surface area contributed by atoms with Gasteiger partial charge in [0.05, 0.1) is 26.4 Å². The number of rotatable bonds is 8. The molecule has 0 saturated heterocycles. The smallest absolute Gasteiger partial charge is 0.359 e. The van der Waals surface area contributed by atoms with E-state index in [-0.39, 0.29) is 0 Å². The molecule has 1 unspecified atom stereocenters. The van der Waals surface area contributed by atoms with Gasteiger partial charge >= 0.3 is 15.2 Å². The van der Waals surface area contributed by atoms with Gasteiger partial charge in [-0.3, -0.25) is 9.13 Å². The summed E-state index contributed by atoms with van der Waals surface area (Å²) in [6.07, 6.45) is 0. The van der Waals surface area contributed by atoms with Gasteiger partial charge in [0.15, 0.2) is 0 Å². The molecular weight excluding hydrogens is 264 g/mol. The zero-order valence-electron chi connectivity index (χ0n) is 8.30. The molecule has 0 aliphatic carbocycles. The minimum Gasteiger partial charge on any atom is -0.394 e. The molecule has 0 aromatic heterocycles. The molecule has 9 nitrogen and oxygen atoms in total. The molecule has 16 heavy (non-hydrogen) atoms. The first-order chi connectivity index (χ1) is 7.28. The van der Waals surface area contributed by atoms with Gasteiger partial charge in [0, 0.05) is 0 Å². The van der Waals surface area contributed by atoms with E-state index in [0.29, 0.717) is 0 Å². The first kappa shape index (κ1) is 16.2. The van der Waals surface area contributed by atoms with E-state index in [1.54, 1.807) is 0 Å². The van der Waals surface area contributed by atoms with E-state index >= 15 is 0 Å². The molecule has 0 saturated carbocycles. The van der Waals surface area contributed by atoms with Crippen LogP contribution in [0.1, 0.15) is 0 Å². The largest absolute Gasteiger partial charge is 0.394 e. The van der Waals surface area contributed by atoms with E-state index in [4.69, 9.17) is 25.7 Å². The lowest BCUT2D eigenvalue weighted by Crippen LogP contribution is -2.24. The Kier molecular flexibility index (Phi) is 6.88. The fourth-order valence-corrected chi connectivity index (χ4v) is 3.64. The third-order valence-corrected chi connectivity index (χ3v) is 5.57. The summed E-state index contributed by atoms with van der Waals surface area (Å²) in [5.41, 5.74) is 2.93. The molecule has 0 aliphatic heterocycles. The molecule has 0 rings (SSSR count). The Labute approximate surface area is 91.9 Å². The monoisotopic (exact) mass is 279 g/mol. The molecule has 0 radical (unpaired) electrons. The summed E-state index contributed by atoms with van der Waals surface area (Å²) in [6.45, 7) is -1.92. The van der Waals surface area contributed by atoms with Crippen LogP contribution in [0.5, 0.6) is 0 Å². The molecule has 98 valence electrons. The fraction of sp³-hybridized carbons (Fsp3) is 1.00. The van der Waals surface area contributed by atoms with Crippen LogP contribution < -0.4 is 5.73 Å². The highest BCUT2D eigenvalue weighted by atomic mass is 31.2. The minimum absolute atomic E-state index is 0.448. The van der Waals surface area contributed by atoms with Crippen LogP contribution >= 0.6 is 15.2 Å². The second-order valence-corrected chi connectivity index (χ2v) is 6.95. The molecule has 0 aromatic rings. The van der Waals surface area contributed by atoms with Crippen molar-refractivity contribution in [2.24, 2.45) is 5.73 Å². The van der Waals surface area contributed by atoms with Crippen molar-refractivity contribution in [2.75, 3.05) is 26.4 Å². The van der Waals surface area contributed by atoms with Crippen molar-refractivity contribution < 1.29 is 38.2 Å². The van der Waals surface area contributed by atoms with E-state index in [2.05, 4.69) is 9.05 Å². The van der Waals surface area contributed by atoms with Crippen molar-refractivity contribution in [2.45, 2.75) is 5.52 Å². The van der Waals surface area contributed by atoms with Gasteiger partial charge in [-0.25, -0.2) is 0 Å². The van der Waals surface area contributed by atoms with Gasteiger partial charge in [-0.1, -0.05) is 0 Å². The summed E-state index contributed by atoms with van der Waals surface area (Å²) in [4.78, 5) is 17.5. The van der Waals surface area contributed by atoms with Crippen LogP contribution in [0.2, 0.25) is 0 Å². The predicted octanol–water partition coefficient (Wildman–Crippen LogP) is -1.38. The number of aliphatic hydroxyl groups is 2. The Hall–Kier alpha value is 0.180. The molecule has 0 heterocycles. The quantitative estimate of drug-likeness (QED) is 0.337. The van der Waals surface area contributed by atoms with Gasteiger partial charge in [-0.2, -0.15) is 0 Å². The molecule has 0 spiro atoms. The standard InChI is InChI=1S/C5H15NO8P2/c6-5(15(9,10)11)16(12,13-3-1-7)14-4-2-8/h5,7-8H,1-4,6H2,(H2,9,10,11). The van der Waals surface area contributed by atoms with E-state index < -0.39 is 47.1 Å². The lowest BCUT2D eigenvalue weighted by molar-refractivity contribution is 0.138. The zero-order chi connectivity index (χ0) is 12.8. The summed E-state index contributed by atoms with van der Waals surface area (Å²) < 4.78 is 31.7. The maximum Gasteiger partial charge on any atom is 0.359 e. The Morgan fingerprint density at radius 1 is 1.06 bits per heavy atom. The van der Waals surface area contributed by atoms with Crippen LogP contribution in [0.15, 0.2) is 0 Å². The number of hydrogen-bond donors (Lipinski definition) is 5. The van der Waals surface area contributed by atoms with Gasteiger partial charge in [0.25, 0.3) is 0 Å². The van der Waals surface area contributed by atoms with Crippen molar-refractivity contribution in [3.8, 4) is 0 Å². The van der Waals surface area contributed by atoms with E-state index in [1.807, 2.05) is 0 Å². The summed E-state index contributed by atoms with van der Waals surface area (Å²) in [5, 5.41) is 16.9. The second kappa shape index (κ2) is 6.80. The summed E-state index contributed by atoms with van der Waals surface area (Å²) in [7, 11) is -9.13. The van der Waals surface area contributed by atoms with Crippen molar-refractivity contribution in [3.63, 3.8) is 0 Å². The van der Waals surface area contributed by atoms with Crippen LogP contribution in [0.3, 0.4) is 0 Å². The normalized spacial score (nSPS) is 15.1. The SMILES string of the molecule is NC(P(=O)(O)O)P(=O)(OCCO)OCCO. The van der Waals surface area contributed by atoms with Crippen molar-refractivity contribution in [1.82, 2.24) is 0 Å². The maximum absolute atomic E-state index is 11.8. The second-order valence-electron chi connectivity index (χ2n) is 2.66. The Morgan fingerprint density at radius 2 is 1.44 bits per heavy atom. The topological polar surface area (TPSA) is 160 Å². The molecule has 0 aromatic carbocycles. The number of nitrogens with two attached hydrogens (primary N) is 1. The highest BCUT2D eigenvalue weighted by Crippen LogP contribution is 2.63. The lowest BCUT2D eigenvalue weighted by Gasteiger charge is -2.23. The molecular formula is C5H15NO8P2. The van der Waals surface area contributed by atoms with Crippen LogP contribution in [0.25, 0.3) is 0 Å². The molecule has 0 fully saturated rings. The summed E-state index contributed by atoms with van der Waals surface area (Å²) >= 11 is 0. The summed E-state index contributed by atoms with van der Waals surface area (Å²) in [5.74, 6) is 0. The number of hydrogen-bond acceptors (Lipinski definition) is 7. The Morgan fingerprint density at radius 3 is 1.69 bits per heavy atom. The molecule has 0 amide bonds. The van der Waals surface area contributed by atoms with Crippen molar-refractivity contribution in [3.05, 3.63) is 0 Å². The third kappa shape index (κ3) is 5.01. The minimum atomic E-state index is -4.86. The first-order valence-corrected chi connectivity index (χ1v) is 7.48. The Bertz CT molecular complexity index is 278. The maximum atomic E-state index is 11.8. The van der Waals surface area contributed by atoms with Crippen molar-refractivity contribution in [1.29, 1.82) is 0 Å².